The smallest absolute Gasteiger partial charge is 0.238 e. The molecule has 3 N–H and O–H groups in total. The third-order valence-corrected chi connectivity index (χ3v) is 4.50. The maximum Gasteiger partial charge on any atom is 0.238 e. The Hall–Kier alpha value is -2.61. The van der Waals surface area contributed by atoms with E-state index in [0.29, 0.717) is 19.5 Å². The number of likely N-dealkylation sites (N-methyl/N-ethyl adjacent to an activating group) is 1. The summed E-state index contributed by atoms with van der Waals surface area (Å²) in [6, 6.07) is 7.74. The molecule has 29 heavy (non-hydrogen) atoms. The van der Waals surface area contributed by atoms with E-state index >= 15 is 0 Å². The van der Waals surface area contributed by atoms with Crippen LogP contribution in [0.4, 0.5) is 5.69 Å². The molecule has 0 saturated carbocycles. The number of anilines is 1. The third kappa shape index (κ3) is 8.51. The van der Waals surface area contributed by atoms with Crippen molar-refractivity contribution < 1.29 is 9.59 Å². The van der Waals surface area contributed by atoms with E-state index in [4.69, 9.17) is 0 Å². The molecule has 2 rings (SSSR count). The average molecular weight is 403 g/mol. The number of carbonyl (C=O) groups is 2. The van der Waals surface area contributed by atoms with Crippen LogP contribution in [0.25, 0.3) is 0 Å². The number of hydrogen-bond acceptors (Lipinski definition) is 4. The van der Waals surface area contributed by atoms with Crippen LogP contribution in [0.15, 0.2) is 29.3 Å². The number of nitrogens with one attached hydrogen (secondary N) is 3. The van der Waals surface area contributed by atoms with Gasteiger partial charge in [0.2, 0.25) is 11.8 Å². The van der Waals surface area contributed by atoms with E-state index in [-0.39, 0.29) is 11.8 Å². The van der Waals surface area contributed by atoms with Crippen molar-refractivity contribution in [2.24, 2.45) is 4.99 Å². The van der Waals surface area contributed by atoms with Crippen molar-refractivity contribution in [1.29, 1.82) is 0 Å². The summed E-state index contributed by atoms with van der Waals surface area (Å²) in [5.74, 6) is 0.979. The molecular formula is C21H34N6O2. The Morgan fingerprint density at radius 3 is 2.79 bits per heavy atom. The first-order valence-corrected chi connectivity index (χ1v) is 10.3. The van der Waals surface area contributed by atoms with Gasteiger partial charge in [0.25, 0.3) is 0 Å². The van der Waals surface area contributed by atoms with Crippen LogP contribution in [0.2, 0.25) is 0 Å². The Bertz CT molecular complexity index is 704. The molecule has 0 bridgehead atoms. The lowest BCUT2D eigenvalue weighted by molar-refractivity contribution is -0.127. The molecular weight excluding hydrogens is 368 g/mol. The van der Waals surface area contributed by atoms with Crippen molar-refractivity contribution in [3.8, 4) is 0 Å². The molecule has 0 unspecified atom stereocenters. The van der Waals surface area contributed by atoms with Crippen LogP contribution in [0.1, 0.15) is 31.7 Å². The average Bonchev–Trinajstić information content (AvgIpc) is 3.07. The highest BCUT2D eigenvalue weighted by atomic mass is 16.2. The summed E-state index contributed by atoms with van der Waals surface area (Å²) in [6.07, 6.45) is 2.56. The van der Waals surface area contributed by atoms with Crippen LogP contribution in [-0.2, 0) is 16.1 Å². The molecule has 1 aliphatic heterocycles. The fourth-order valence-corrected chi connectivity index (χ4v) is 3.16. The van der Waals surface area contributed by atoms with Crippen LogP contribution in [0.5, 0.6) is 0 Å². The van der Waals surface area contributed by atoms with E-state index in [9.17, 15) is 9.59 Å². The molecule has 2 amide bonds. The second-order valence-electron chi connectivity index (χ2n) is 7.45. The van der Waals surface area contributed by atoms with Crippen molar-refractivity contribution >= 4 is 23.5 Å². The predicted molar refractivity (Wildman–Crippen MR) is 117 cm³/mol. The Kier molecular flexibility index (Phi) is 9.43. The summed E-state index contributed by atoms with van der Waals surface area (Å²) in [5, 5.41) is 9.47. The van der Waals surface area contributed by atoms with E-state index < -0.39 is 0 Å². The monoisotopic (exact) mass is 402 g/mol. The Balaban J connectivity index is 1.83. The standard InChI is InChI=1S/C21H34N6O2/c1-4-22-21(23-11-7-13-27-12-6-10-20(27)29)24-15-17-8-5-9-18(14-17)25-19(28)16-26(2)3/h5,8-9,14H,4,6-7,10-13,15-16H2,1-3H3,(H,25,28)(H2,22,23,24). The van der Waals surface area contributed by atoms with Crippen molar-refractivity contribution in [3.63, 3.8) is 0 Å². The first-order valence-electron chi connectivity index (χ1n) is 10.3. The number of likely N-dealkylation sites (tertiary alicyclic amines) is 1. The normalized spacial score (nSPS) is 14.4. The van der Waals surface area contributed by atoms with E-state index in [1.54, 1.807) is 0 Å². The van der Waals surface area contributed by atoms with Gasteiger partial charge in [0.15, 0.2) is 5.96 Å². The molecule has 0 aromatic heterocycles. The minimum atomic E-state index is -0.0397. The number of guanidine groups is 1. The van der Waals surface area contributed by atoms with Gasteiger partial charge in [-0.05, 0) is 51.6 Å². The van der Waals surface area contributed by atoms with Gasteiger partial charge in [0.1, 0.15) is 0 Å². The quantitative estimate of drug-likeness (QED) is 0.311. The fraction of sp³-hybridized carbons (Fsp3) is 0.571. The maximum atomic E-state index is 11.9. The van der Waals surface area contributed by atoms with E-state index in [1.807, 2.05) is 55.1 Å². The second-order valence-corrected chi connectivity index (χ2v) is 7.45. The maximum absolute atomic E-state index is 11.9. The molecule has 1 aromatic rings. The van der Waals surface area contributed by atoms with Crippen LogP contribution >= 0.6 is 0 Å². The molecule has 1 saturated heterocycles. The van der Waals surface area contributed by atoms with Crippen molar-refractivity contribution in [2.75, 3.05) is 52.1 Å². The SMILES string of the molecule is CCNC(=NCc1cccc(NC(=O)CN(C)C)c1)NCCCN1CCCC1=O. The zero-order valence-corrected chi connectivity index (χ0v) is 17.8. The highest BCUT2D eigenvalue weighted by Crippen LogP contribution is 2.12. The van der Waals surface area contributed by atoms with Gasteiger partial charge >= 0.3 is 0 Å². The number of benzene rings is 1. The number of rotatable bonds is 10. The van der Waals surface area contributed by atoms with Crippen LogP contribution in [0, 0.1) is 0 Å². The van der Waals surface area contributed by atoms with Crippen molar-refractivity contribution in [2.45, 2.75) is 32.7 Å². The van der Waals surface area contributed by atoms with Gasteiger partial charge < -0.3 is 25.8 Å². The number of hydrogen-bond donors (Lipinski definition) is 3. The van der Waals surface area contributed by atoms with Gasteiger partial charge in [-0.2, -0.15) is 0 Å². The summed E-state index contributed by atoms with van der Waals surface area (Å²) in [5.41, 5.74) is 1.80. The predicted octanol–water partition coefficient (Wildman–Crippen LogP) is 1.25. The van der Waals surface area contributed by atoms with Crippen molar-refractivity contribution in [3.05, 3.63) is 29.8 Å². The highest BCUT2D eigenvalue weighted by Gasteiger charge is 2.18. The Labute approximate surface area is 173 Å². The highest BCUT2D eigenvalue weighted by molar-refractivity contribution is 5.92. The molecule has 0 radical (unpaired) electrons. The molecule has 1 aromatic carbocycles. The third-order valence-electron chi connectivity index (χ3n) is 4.50. The summed E-state index contributed by atoms with van der Waals surface area (Å²) < 4.78 is 0. The van der Waals surface area contributed by atoms with E-state index in [0.717, 1.165) is 56.2 Å². The van der Waals surface area contributed by atoms with Crippen LogP contribution in [-0.4, -0.2) is 74.4 Å². The van der Waals surface area contributed by atoms with Crippen LogP contribution < -0.4 is 16.0 Å². The second kappa shape index (κ2) is 12.1. The zero-order valence-electron chi connectivity index (χ0n) is 17.8. The molecule has 8 heteroatoms. The lowest BCUT2D eigenvalue weighted by Gasteiger charge is -2.16. The number of aliphatic imine (C=N–C) groups is 1. The van der Waals surface area contributed by atoms with E-state index in [1.165, 1.54) is 0 Å². The summed E-state index contributed by atoms with van der Waals surface area (Å²) in [7, 11) is 3.73. The number of nitrogens with zero attached hydrogens (tertiary/aromatic N) is 3. The van der Waals surface area contributed by atoms with Gasteiger partial charge in [-0.25, -0.2) is 4.99 Å². The fourth-order valence-electron chi connectivity index (χ4n) is 3.16. The van der Waals surface area contributed by atoms with E-state index in [2.05, 4.69) is 20.9 Å². The summed E-state index contributed by atoms with van der Waals surface area (Å²) in [6.45, 7) is 6.10. The Morgan fingerprint density at radius 2 is 2.10 bits per heavy atom. The number of amides is 2. The Morgan fingerprint density at radius 1 is 1.28 bits per heavy atom. The van der Waals surface area contributed by atoms with Gasteiger partial charge in [0.05, 0.1) is 13.1 Å². The molecule has 1 aliphatic rings. The van der Waals surface area contributed by atoms with Gasteiger partial charge in [-0.15, -0.1) is 0 Å². The molecule has 0 spiro atoms. The van der Waals surface area contributed by atoms with Crippen LogP contribution in [0.3, 0.4) is 0 Å². The molecule has 1 fully saturated rings. The molecule has 8 nitrogen and oxygen atoms in total. The lowest BCUT2D eigenvalue weighted by Crippen LogP contribution is -2.39. The molecule has 0 aliphatic carbocycles. The summed E-state index contributed by atoms with van der Waals surface area (Å²) in [4.78, 5) is 32.0. The number of carbonyl (C=O) groups excluding carboxylic acids is 2. The van der Waals surface area contributed by atoms with Gasteiger partial charge in [-0.1, -0.05) is 12.1 Å². The lowest BCUT2D eigenvalue weighted by atomic mass is 10.2. The largest absolute Gasteiger partial charge is 0.357 e. The van der Waals surface area contributed by atoms with Gasteiger partial charge in [-0.3, -0.25) is 9.59 Å². The molecule has 1 heterocycles. The first-order chi connectivity index (χ1) is 14.0. The zero-order chi connectivity index (χ0) is 21.1. The minimum absolute atomic E-state index is 0.0397. The first kappa shape index (κ1) is 22.7. The minimum Gasteiger partial charge on any atom is -0.357 e. The van der Waals surface area contributed by atoms with Gasteiger partial charge in [0, 0.05) is 38.3 Å². The van der Waals surface area contributed by atoms with Crippen molar-refractivity contribution in [1.82, 2.24) is 20.4 Å². The summed E-state index contributed by atoms with van der Waals surface area (Å²) >= 11 is 0. The molecule has 0 atom stereocenters. The molecule has 160 valence electrons. The topological polar surface area (TPSA) is 89.1 Å².